The Morgan fingerprint density at radius 3 is 2.59 bits per heavy atom. The fourth-order valence-corrected chi connectivity index (χ4v) is 3.31. The zero-order chi connectivity index (χ0) is 19.7. The van der Waals surface area contributed by atoms with E-state index in [0.717, 1.165) is 0 Å². The third-order valence-electron chi connectivity index (χ3n) is 4.91. The number of halogens is 1. The van der Waals surface area contributed by atoms with Crippen LogP contribution in [0.15, 0.2) is 24.3 Å². The van der Waals surface area contributed by atoms with Crippen molar-refractivity contribution in [2.75, 3.05) is 6.54 Å². The van der Waals surface area contributed by atoms with Crippen LogP contribution in [-0.2, 0) is 4.79 Å². The van der Waals surface area contributed by atoms with Crippen molar-refractivity contribution in [3.8, 4) is 5.69 Å². The van der Waals surface area contributed by atoms with Crippen LogP contribution in [0.1, 0.15) is 56.0 Å². The van der Waals surface area contributed by atoms with Crippen molar-refractivity contribution in [3.05, 3.63) is 41.7 Å². The van der Waals surface area contributed by atoms with Crippen molar-refractivity contribution in [1.82, 2.24) is 19.7 Å². The van der Waals surface area contributed by atoms with Gasteiger partial charge in [-0.25, -0.2) is 14.1 Å². The van der Waals surface area contributed by atoms with Crippen molar-refractivity contribution in [2.45, 2.75) is 45.6 Å². The summed E-state index contributed by atoms with van der Waals surface area (Å²) in [5.74, 6) is -2.03. The fraction of sp³-hybridized carbons (Fsp3) is 0.474. The number of aromatic nitrogens is 3. The number of hydrogen-bond donors (Lipinski definition) is 1. The molecule has 0 saturated carbocycles. The summed E-state index contributed by atoms with van der Waals surface area (Å²) in [7, 11) is 0. The van der Waals surface area contributed by atoms with Crippen LogP contribution in [-0.4, -0.2) is 49.2 Å². The maximum atomic E-state index is 14.2. The van der Waals surface area contributed by atoms with Gasteiger partial charge in [-0.2, -0.15) is 0 Å². The largest absolute Gasteiger partial charge is 0.481 e. The number of aliphatic carboxylic acids is 1. The molecular formula is C19H23FN4O3. The summed E-state index contributed by atoms with van der Waals surface area (Å²) in [6, 6.07) is 6.07. The number of carboxylic acids is 1. The van der Waals surface area contributed by atoms with Crippen LogP contribution in [0, 0.1) is 11.7 Å². The van der Waals surface area contributed by atoms with E-state index in [1.54, 1.807) is 18.2 Å². The van der Waals surface area contributed by atoms with Crippen LogP contribution < -0.4 is 0 Å². The Kier molecular flexibility index (Phi) is 5.25. The molecule has 1 fully saturated rings. The van der Waals surface area contributed by atoms with Gasteiger partial charge in [0.1, 0.15) is 17.3 Å². The van der Waals surface area contributed by atoms with E-state index in [1.165, 1.54) is 15.6 Å². The lowest BCUT2D eigenvalue weighted by atomic mass is 9.93. The number of rotatable bonds is 4. The van der Waals surface area contributed by atoms with Gasteiger partial charge < -0.3 is 10.0 Å². The number of amides is 1. The molecule has 1 aliphatic heterocycles. The Labute approximate surface area is 156 Å². The third-order valence-corrected chi connectivity index (χ3v) is 4.91. The molecule has 144 valence electrons. The van der Waals surface area contributed by atoms with Crippen LogP contribution in [0.25, 0.3) is 5.69 Å². The first kappa shape index (κ1) is 19.0. The monoisotopic (exact) mass is 374 g/mol. The molecule has 1 N–H and O–H groups in total. The van der Waals surface area contributed by atoms with E-state index in [2.05, 4.69) is 10.1 Å². The summed E-state index contributed by atoms with van der Waals surface area (Å²) in [5, 5.41) is 13.5. The highest BCUT2D eigenvalue weighted by molar-refractivity contribution is 5.91. The highest BCUT2D eigenvalue weighted by Crippen LogP contribution is 2.25. The lowest BCUT2D eigenvalue weighted by Crippen LogP contribution is -2.47. The number of carboxylic acid groups (broad SMARTS) is 1. The molecular weight excluding hydrogens is 351 g/mol. The molecule has 2 atom stereocenters. The number of piperidine rings is 1. The number of hydrogen-bond acceptors (Lipinski definition) is 4. The minimum absolute atomic E-state index is 0.0418. The maximum Gasteiger partial charge on any atom is 0.308 e. The molecule has 0 bridgehead atoms. The zero-order valence-electron chi connectivity index (χ0n) is 15.6. The Hall–Kier alpha value is -2.77. The second kappa shape index (κ2) is 7.46. The average molecular weight is 374 g/mol. The fourth-order valence-electron chi connectivity index (χ4n) is 3.31. The summed E-state index contributed by atoms with van der Waals surface area (Å²) < 4.78 is 15.6. The standard InChI is InChI=1S/C19H23FN4O3/c1-11(2)17-21-16(22-24(17)15-7-5-4-6-14(15)20)18(25)23-10-13(19(26)27)9-8-12(23)3/h4-7,11-13H,8-10H2,1-3H3,(H,26,27). The Bertz CT molecular complexity index is 864. The molecule has 1 aromatic carbocycles. The molecule has 1 saturated heterocycles. The van der Waals surface area contributed by atoms with Crippen molar-refractivity contribution >= 4 is 11.9 Å². The van der Waals surface area contributed by atoms with Crippen molar-refractivity contribution < 1.29 is 19.1 Å². The quantitative estimate of drug-likeness (QED) is 0.889. The number of carbonyl (C=O) groups excluding carboxylic acids is 1. The van der Waals surface area contributed by atoms with E-state index in [4.69, 9.17) is 0 Å². The molecule has 0 radical (unpaired) electrons. The Morgan fingerprint density at radius 1 is 1.26 bits per heavy atom. The van der Waals surface area contributed by atoms with E-state index in [0.29, 0.717) is 18.7 Å². The average Bonchev–Trinajstić information content (AvgIpc) is 3.07. The van der Waals surface area contributed by atoms with Crippen molar-refractivity contribution in [1.29, 1.82) is 0 Å². The van der Waals surface area contributed by atoms with Crippen molar-refractivity contribution in [3.63, 3.8) is 0 Å². The molecule has 27 heavy (non-hydrogen) atoms. The molecule has 3 rings (SSSR count). The number of carbonyl (C=O) groups is 2. The van der Waals surface area contributed by atoms with Gasteiger partial charge in [-0.05, 0) is 31.9 Å². The van der Waals surface area contributed by atoms with Gasteiger partial charge in [-0.3, -0.25) is 9.59 Å². The third kappa shape index (κ3) is 3.70. The smallest absolute Gasteiger partial charge is 0.308 e. The summed E-state index contributed by atoms with van der Waals surface area (Å²) >= 11 is 0. The maximum absolute atomic E-state index is 14.2. The molecule has 2 unspecified atom stereocenters. The minimum atomic E-state index is -0.910. The zero-order valence-corrected chi connectivity index (χ0v) is 15.6. The Morgan fingerprint density at radius 2 is 1.96 bits per heavy atom. The van der Waals surface area contributed by atoms with E-state index < -0.39 is 23.6 Å². The number of likely N-dealkylation sites (tertiary alicyclic amines) is 1. The van der Waals surface area contributed by atoms with Gasteiger partial charge in [0.05, 0.1) is 5.92 Å². The summed E-state index contributed by atoms with van der Waals surface area (Å²) in [6.45, 7) is 5.78. The highest BCUT2D eigenvalue weighted by atomic mass is 19.1. The topological polar surface area (TPSA) is 88.3 Å². The number of benzene rings is 1. The van der Waals surface area contributed by atoms with Crippen LogP contribution >= 0.6 is 0 Å². The van der Waals surface area contributed by atoms with E-state index in [1.807, 2.05) is 20.8 Å². The molecule has 1 aliphatic rings. The lowest BCUT2D eigenvalue weighted by Gasteiger charge is -2.35. The van der Waals surface area contributed by atoms with E-state index in [-0.39, 0.29) is 30.0 Å². The molecule has 2 heterocycles. The van der Waals surface area contributed by atoms with Gasteiger partial charge in [-0.1, -0.05) is 26.0 Å². The van der Waals surface area contributed by atoms with Gasteiger partial charge in [0.25, 0.3) is 5.91 Å². The first-order valence-electron chi connectivity index (χ1n) is 9.05. The minimum Gasteiger partial charge on any atom is -0.481 e. The number of nitrogens with zero attached hydrogens (tertiary/aromatic N) is 4. The van der Waals surface area contributed by atoms with Crippen LogP contribution in [0.5, 0.6) is 0 Å². The molecule has 1 aromatic heterocycles. The van der Waals surface area contributed by atoms with Crippen molar-refractivity contribution in [2.24, 2.45) is 5.92 Å². The highest BCUT2D eigenvalue weighted by Gasteiger charge is 2.35. The summed E-state index contributed by atoms with van der Waals surface area (Å²) in [4.78, 5) is 30.2. The molecule has 0 aliphatic carbocycles. The summed E-state index contributed by atoms with van der Waals surface area (Å²) in [6.07, 6.45) is 1.14. The first-order valence-corrected chi connectivity index (χ1v) is 9.05. The predicted molar refractivity (Wildman–Crippen MR) is 96.3 cm³/mol. The van der Waals surface area contributed by atoms with Gasteiger partial charge in [0.15, 0.2) is 0 Å². The second-order valence-electron chi connectivity index (χ2n) is 7.23. The molecule has 0 spiro atoms. The normalized spacial score (nSPS) is 20.1. The molecule has 2 aromatic rings. The molecule has 1 amide bonds. The van der Waals surface area contributed by atoms with Gasteiger partial charge in [0, 0.05) is 18.5 Å². The van der Waals surface area contributed by atoms with Gasteiger partial charge in [0.2, 0.25) is 5.82 Å². The van der Waals surface area contributed by atoms with Crippen LogP contribution in [0.3, 0.4) is 0 Å². The van der Waals surface area contributed by atoms with Gasteiger partial charge in [-0.15, -0.1) is 5.10 Å². The van der Waals surface area contributed by atoms with Gasteiger partial charge >= 0.3 is 5.97 Å². The SMILES string of the molecule is CC(C)c1nc(C(=O)N2CC(C(=O)O)CCC2C)nn1-c1ccccc1F. The van der Waals surface area contributed by atoms with Crippen LogP contribution in [0.4, 0.5) is 4.39 Å². The van der Waals surface area contributed by atoms with E-state index in [9.17, 15) is 19.1 Å². The second-order valence-corrected chi connectivity index (χ2v) is 7.23. The molecule has 7 nitrogen and oxygen atoms in total. The number of para-hydroxylation sites is 1. The van der Waals surface area contributed by atoms with E-state index >= 15 is 0 Å². The Balaban J connectivity index is 1.97. The first-order chi connectivity index (χ1) is 12.8. The predicted octanol–water partition coefficient (Wildman–Crippen LogP) is 2.86. The lowest BCUT2D eigenvalue weighted by molar-refractivity contribution is -0.143. The summed E-state index contributed by atoms with van der Waals surface area (Å²) in [5.41, 5.74) is 0.225. The van der Waals surface area contributed by atoms with Crippen LogP contribution in [0.2, 0.25) is 0 Å². The molecule has 8 heteroatoms.